The summed E-state index contributed by atoms with van der Waals surface area (Å²) >= 11 is 1.75. The van der Waals surface area contributed by atoms with Gasteiger partial charge in [-0.05, 0) is 38.8 Å². The molecule has 2 aromatic rings. The smallest absolute Gasteiger partial charge is 0.190 e. The van der Waals surface area contributed by atoms with Crippen LogP contribution in [0.1, 0.15) is 28.3 Å². The zero-order valence-electron chi connectivity index (χ0n) is 15.7. The van der Waals surface area contributed by atoms with E-state index in [1.807, 2.05) is 18.3 Å². The predicted octanol–water partition coefficient (Wildman–Crippen LogP) is 3.94. The van der Waals surface area contributed by atoms with Gasteiger partial charge in [-0.3, -0.25) is 4.99 Å². The fraction of sp³-hybridized carbons (Fsp3) is 0.474. The van der Waals surface area contributed by atoms with Crippen LogP contribution < -0.4 is 15.4 Å². The summed E-state index contributed by atoms with van der Waals surface area (Å²) in [5, 5.41) is 7.82. The van der Waals surface area contributed by atoms with Gasteiger partial charge in [0.1, 0.15) is 5.75 Å². The molecule has 0 atom stereocenters. The standard InChI is InChI=1S/C19H28N4OS.HI/c1-15-6-8-17(9-7-15)24-13-5-4-11-21-19(20-3)22-12-10-18-23-14-16(2)25-18;/h6-9,14H,4-5,10-13H2,1-3H3,(H2,20,21,22);1H. The van der Waals surface area contributed by atoms with Crippen molar-refractivity contribution in [2.75, 3.05) is 26.7 Å². The number of aromatic nitrogens is 1. The SMILES string of the molecule is CN=C(NCCCCOc1ccc(C)cc1)NCCc1ncc(C)s1.I. The van der Waals surface area contributed by atoms with E-state index >= 15 is 0 Å². The minimum atomic E-state index is 0. The first-order valence-corrected chi connectivity index (χ1v) is 9.54. The Labute approximate surface area is 177 Å². The molecule has 0 bridgehead atoms. The maximum Gasteiger partial charge on any atom is 0.190 e. The molecule has 0 saturated carbocycles. The van der Waals surface area contributed by atoms with Gasteiger partial charge < -0.3 is 15.4 Å². The number of unbranched alkanes of at least 4 members (excludes halogenated alkanes) is 1. The maximum atomic E-state index is 5.73. The number of benzene rings is 1. The van der Waals surface area contributed by atoms with Gasteiger partial charge in [0.25, 0.3) is 0 Å². The molecule has 0 fully saturated rings. The van der Waals surface area contributed by atoms with E-state index in [9.17, 15) is 0 Å². The third kappa shape index (κ3) is 8.84. The Morgan fingerprint density at radius 2 is 1.85 bits per heavy atom. The zero-order chi connectivity index (χ0) is 17.9. The van der Waals surface area contributed by atoms with E-state index in [0.717, 1.165) is 55.7 Å². The quantitative estimate of drug-likeness (QED) is 0.243. The molecule has 7 heteroatoms. The number of hydrogen-bond donors (Lipinski definition) is 2. The van der Waals surface area contributed by atoms with Crippen molar-refractivity contribution in [1.82, 2.24) is 15.6 Å². The first kappa shape index (κ1) is 22.7. The molecule has 0 radical (unpaired) electrons. The lowest BCUT2D eigenvalue weighted by Crippen LogP contribution is -2.38. The first-order chi connectivity index (χ1) is 12.2. The minimum Gasteiger partial charge on any atom is -0.494 e. The van der Waals surface area contributed by atoms with Gasteiger partial charge in [0.15, 0.2) is 5.96 Å². The summed E-state index contributed by atoms with van der Waals surface area (Å²) in [6, 6.07) is 8.17. The summed E-state index contributed by atoms with van der Waals surface area (Å²) < 4.78 is 5.73. The van der Waals surface area contributed by atoms with E-state index in [4.69, 9.17) is 4.74 Å². The normalized spacial score (nSPS) is 11.0. The molecule has 0 amide bonds. The highest BCUT2D eigenvalue weighted by atomic mass is 127. The Morgan fingerprint density at radius 1 is 1.12 bits per heavy atom. The van der Waals surface area contributed by atoms with Crippen molar-refractivity contribution >= 4 is 41.3 Å². The fourth-order valence-corrected chi connectivity index (χ4v) is 3.07. The van der Waals surface area contributed by atoms with Crippen molar-refractivity contribution < 1.29 is 4.74 Å². The second kappa shape index (κ2) is 12.9. The number of ether oxygens (including phenoxy) is 1. The van der Waals surface area contributed by atoms with Gasteiger partial charge in [-0.2, -0.15) is 0 Å². The van der Waals surface area contributed by atoms with Gasteiger partial charge >= 0.3 is 0 Å². The van der Waals surface area contributed by atoms with Crippen molar-refractivity contribution in [3.05, 3.63) is 45.9 Å². The number of aliphatic imine (C=N–C) groups is 1. The summed E-state index contributed by atoms with van der Waals surface area (Å²) in [6.45, 7) is 6.61. The molecular weight excluding hydrogens is 459 g/mol. The molecule has 26 heavy (non-hydrogen) atoms. The lowest BCUT2D eigenvalue weighted by Gasteiger charge is -2.11. The molecule has 0 aliphatic rings. The highest BCUT2D eigenvalue weighted by molar-refractivity contribution is 14.0. The van der Waals surface area contributed by atoms with Gasteiger partial charge in [-0.25, -0.2) is 4.98 Å². The van der Waals surface area contributed by atoms with Crippen LogP contribution in [0, 0.1) is 13.8 Å². The molecule has 0 aliphatic heterocycles. The summed E-state index contributed by atoms with van der Waals surface area (Å²) in [6.07, 6.45) is 4.89. The average molecular weight is 488 g/mol. The van der Waals surface area contributed by atoms with Gasteiger partial charge in [0.05, 0.1) is 11.6 Å². The molecule has 0 unspecified atom stereocenters. The topological polar surface area (TPSA) is 58.5 Å². The van der Waals surface area contributed by atoms with Crippen LogP contribution in [0.4, 0.5) is 0 Å². The van der Waals surface area contributed by atoms with Crippen LogP contribution in [0.5, 0.6) is 5.75 Å². The van der Waals surface area contributed by atoms with Gasteiger partial charge in [-0.15, -0.1) is 35.3 Å². The van der Waals surface area contributed by atoms with Crippen molar-refractivity contribution in [3.63, 3.8) is 0 Å². The van der Waals surface area contributed by atoms with Crippen LogP contribution >= 0.6 is 35.3 Å². The van der Waals surface area contributed by atoms with E-state index in [2.05, 4.69) is 46.6 Å². The van der Waals surface area contributed by atoms with E-state index in [-0.39, 0.29) is 24.0 Å². The average Bonchev–Trinajstić information content (AvgIpc) is 3.03. The van der Waals surface area contributed by atoms with Gasteiger partial charge in [0.2, 0.25) is 0 Å². The summed E-state index contributed by atoms with van der Waals surface area (Å²) in [4.78, 5) is 9.87. The van der Waals surface area contributed by atoms with Crippen LogP contribution in [-0.4, -0.2) is 37.7 Å². The third-order valence-electron chi connectivity index (χ3n) is 3.68. The van der Waals surface area contributed by atoms with Crippen LogP contribution in [0.2, 0.25) is 0 Å². The number of halogens is 1. The molecule has 2 rings (SSSR count). The Bertz CT molecular complexity index is 658. The fourth-order valence-electron chi connectivity index (χ4n) is 2.28. The van der Waals surface area contributed by atoms with Crippen LogP contribution in [0.3, 0.4) is 0 Å². The second-order valence-corrected chi connectivity index (χ2v) is 7.23. The van der Waals surface area contributed by atoms with Crippen molar-refractivity contribution in [2.45, 2.75) is 33.1 Å². The Kier molecular flexibility index (Phi) is 11.3. The Balaban J connectivity index is 0.00000338. The lowest BCUT2D eigenvalue weighted by atomic mass is 10.2. The number of hydrogen-bond acceptors (Lipinski definition) is 4. The lowest BCUT2D eigenvalue weighted by molar-refractivity contribution is 0.307. The molecule has 144 valence electrons. The highest BCUT2D eigenvalue weighted by Crippen LogP contribution is 2.12. The van der Waals surface area contributed by atoms with E-state index in [1.165, 1.54) is 10.4 Å². The summed E-state index contributed by atoms with van der Waals surface area (Å²) in [5.41, 5.74) is 1.25. The molecule has 1 aromatic heterocycles. The van der Waals surface area contributed by atoms with Crippen molar-refractivity contribution in [1.29, 1.82) is 0 Å². The maximum absolute atomic E-state index is 5.73. The summed E-state index contributed by atoms with van der Waals surface area (Å²) in [7, 11) is 1.80. The van der Waals surface area contributed by atoms with Crippen LogP contribution in [0.25, 0.3) is 0 Å². The predicted molar refractivity (Wildman–Crippen MR) is 121 cm³/mol. The number of nitrogens with zero attached hydrogens (tertiary/aromatic N) is 2. The largest absolute Gasteiger partial charge is 0.494 e. The number of guanidine groups is 1. The molecule has 0 saturated heterocycles. The van der Waals surface area contributed by atoms with Crippen molar-refractivity contribution in [3.8, 4) is 5.75 Å². The minimum absolute atomic E-state index is 0. The van der Waals surface area contributed by atoms with E-state index < -0.39 is 0 Å². The number of rotatable bonds is 9. The van der Waals surface area contributed by atoms with E-state index in [1.54, 1.807) is 18.4 Å². The van der Waals surface area contributed by atoms with Crippen molar-refractivity contribution in [2.24, 2.45) is 4.99 Å². The molecule has 0 aliphatic carbocycles. The second-order valence-electron chi connectivity index (χ2n) is 5.91. The molecule has 1 aromatic carbocycles. The Morgan fingerprint density at radius 3 is 2.50 bits per heavy atom. The van der Waals surface area contributed by atoms with Crippen LogP contribution in [0.15, 0.2) is 35.5 Å². The molecule has 5 nitrogen and oxygen atoms in total. The monoisotopic (exact) mass is 488 g/mol. The Hall–Kier alpha value is -1.35. The summed E-state index contributed by atoms with van der Waals surface area (Å²) in [5.74, 6) is 1.78. The molecule has 2 N–H and O–H groups in total. The zero-order valence-corrected chi connectivity index (χ0v) is 18.9. The number of nitrogens with one attached hydrogen (secondary N) is 2. The van der Waals surface area contributed by atoms with Gasteiger partial charge in [0, 0.05) is 37.6 Å². The van der Waals surface area contributed by atoms with E-state index in [0.29, 0.717) is 0 Å². The van der Waals surface area contributed by atoms with Crippen LogP contribution in [-0.2, 0) is 6.42 Å². The first-order valence-electron chi connectivity index (χ1n) is 8.72. The molecule has 1 heterocycles. The molecular formula is C19H29IN4OS. The number of thiazole rings is 1. The van der Waals surface area contributed by atoms with Gasteiger partial charge in [-0.1, -0.05) is 17.7 Å². The third-order valence-corrected chi connectivity index (χ3v) is 4.65. The number of aryl methyl sites for hydroxylation is 2. The highest BCUT2D eigenvalue weighted by Gasteiger charge is 2.01. The molecule has 0 spiro atoms.